The molecule has 2 atom stereocenters. The lowest BCUT2D eigenvalue weighted by Crippen LogP contribution is -2.55. The number of fused-ring (bicyclic) bond motifs is 1. The van der Waals surface area contributed by atoms with Crippen molar-refractivity contribution in [3.05, 3.63) is 48.0 Å². The lowest BCUT2D eigenvalue weighted by molar-refractivity contribution is -0.164. The molecule has 6 heteroatoms. The summed E-state index contributed by atoms with van der Waals surface area (Å²) in [7, 11) is 1.37. The van der Waals surface area contributed by atoms with Crippen molar-refractivity contribution in [3.8, 4) is 0 Å². The van der Waals surface area contributed by atoms with Gasteiger partial charge in [-0.05, 0) is 56.5 Å². The van der Waals surface area contributed by atoms with Gasteiger partial charge in [-0.25, -0.2) is 0 Å². The highest BCUT2D eigenvalue weighted by molar-refractivity contribution is 5.86. The van der Waals surface area contributed by atoms with Gasteiger partial charge < -0.3 is 14.8 Å². The molecule has 2 aromatic carbocycles. The van der Waals surface area contributed by atoms with Gasteiger partial charge in [0.15, 0.2) is 0 Å². The molecule has 1 aliphatic heterocycles. The molecule has 30 heavy (non-hydrogen) atoms. The summed E-state index contributed by atoms with van der Waals surface area (Å²) in [5.74, 6) is -0.687. The van der Waals surface area contributed by atoms with Crippen LogP contribution in [0.5, 0.6) is 0 Å². The second-order valence-electron chi connectivity index (χ2n) is 8.80. The topological polar surface area (TPSA) is 67.9 Å². The number of hydrogen-bond donors (Lipinski definition) is 1. The van der Waals surface area contributed by atoms with Crippen LogP contribution in [0, 0.1) is 0 Å². The van der Waals surface area contributed by atoms with E-state index in [1.165, 1.54) is 7.11 Å². The quantitative estimate of drug-likeness (QED) is 0.704. The number of benzene rings is 2. The predicted molar refractivity (Wildman–Crippen MR) is 117 cm³/mol. The minimum Gasteiger partial charge on any atom is -0.468 e. The van der Waals surface area contributed by atoms with Crippen molar-refractivity contribution in [1.82, 2.24) is 10.2 Å². The van der Waals surface area contributed by atoms with Gasteiger partial charge in [-0.1, -0.05) is 42.5 Å². The van der Waals surface area contributed by atoms with Crippen LogP contribution in [-0.4, -0.2) is 54.7 Å². The minimum absolute atomic E-state index is 0.0157. The highest BCUT2D eigenvalue weighted by Gasteiger charge is 2.39. The Hall–Kier alpha value is -2.44. The molecule has 0 saturated carbocycles. The molecule has 1 N–H and O–H groups in total. The molecule has 0 aliphatic carbocycles. The third-order valence-electron chi connectivity index (χ3n) is 5.33. The number of esters is 2. The van der Waals surface area contributed by atoms with E-state index in [4.69, 9.17) is 9.47 Å². The lowest BCUT2D eigenvalue weighted by atomic mass is 10.0. The Kier molecular flexibility index (Phi) is 7.10. The Morgan fingerprint density at radius 2 is 1.90 bits per heavy atom. The van der Waals surface area contributed by atoms with Gasteiger partial charge in [0.05, 0.1) is 13.7 Å². The largest absolute Gasteiger partial charge is 0.468 e. The fourth-order valence-corrected chi connectivity index (χ4v) is 4.04. The summed E-state index contributed by atoms with van der Waals surface area (Å²) in [5, 5.41) is 5.66. The highest BCUT2D eigenvalue weighted by atomic mass is 16.6. The highest BCUT2D eigenvalue weighted by Crippen LogP contribution is 2.25. The van der Waals surface area contributed by atoms with Crippen molar-refractivity contribution >= 4 is 22.7 Å². The lowest BCUT2D eigenvalue weighted by Gasteiger charge is -2.35. The monoisotopic (exact) mass is 412 g/mol. The molecule has 162 valence electrons. The molecule has 3 rings (SSSR count). The average Bonchev–Trinajstić information content (AvgIpc) is 3.21. The number of rotatable bonds is 7. The molecule has 0 spiro atoms. The fraction of sp³-hybridized carbons (Fsp3) is 0.500. The first-order valence-corrected chi connectivity index (χ1v) is 10.5. The van der Waals surface area contributed by atoms with E-state index in [1.807, 2.05) is 49.9 Å². The van der Waals surface area contributed by atoms with E-state index in [0.717, 1.165) is 35.7 Å². The summed E-state index contributed by atoms with van der Waals surface area (Å²) < 4.78 is 10.7. The van der Waals surface area contributed by atoms with Crippen molar-refractivity contribution in [3.63, 3.8) is 0 Å². The average molecular weight is 413 g/mol. The maximum absolute atomic E-state index is 13.3. The van der Waals surface area contributed by atoms with Gasteiger partial charge in [-0.3, -0.25) is 14.5 Å². The molecule has 1 aliphatic rings. The Bertz CT molecular complexity index is 879. The maximum atomic E-state index is 13.3. The van der Waals surface area contributed by atoms with E-state index in [1.54, 1.807) is 0 Å². The molecule has 0 amide bonds. The van der Waals surface area contributed by atoms with Crippen molar-refractivity contribution in [2.24, 2.45) is 0 Å². The number of carbonyl (C=O) groups is 2. The zero-order valence-electron chi connectivity index (χ0n) is 18.3. The van der Waals surface area contributed by atoms with E-state index in [0.29, 0.717) is 6.54 Å². The molecular formula is C24H32N2O4. The number of carbonyl (C=O) groups excluding carboxylic acids is 2. The van der Waals surface area contributed by atoms with Crippen LogP contribution in [0.1, 0.15) is 39.2 Å². The number of nitrogens with one attached hydrogen (secondary N) is 1. The fourth-order valence-electron chi connectivity index (χ4n) is 4.04. The summed E-state index contributed by atoms with van der Waals surface area (Å²) in [5.41, 5.74) is 0.452. The van der Waals surface area contributed by atoms with E-state index < -0.39 is 11.6 Å². The summed E-state index contributed by atoms with van der Waals surface area (Å²) in [6, 6.07) is 13.6. The maximum Gasteiger partial charge on any atom is 0.325 e. The standard InChI is InChI=1S/C24H32N2O4/c1-24(2,3)30-23(28)22(20-13-8-14-25-20)26(16-21(27)29-4)15-18-11-7-10-17-9-5-6-12-19(17)18/h5-7,9-12,20,22,25H,8,13-16H2,1-4H3/t20-,22?/m0/s1. The number of ether oxygens (including phenoxy) is 2. The number of nitrogens with zero attached hydrogens (tertiary/aromatic N) is 1. The van der Waals surface area contributed by atoms with E-state index in [9.17, 15) is 9.59 Å². The van der Waals surface area contributed by atoms with Crippen molar-refractivity contribution in [2.45, 2.75) is 57.8 Å². The Morgan fingerprint density at radius 1 is 1.17 bits per heavy atom. The second kappa shape index (κ2) is 9.58. The minimum atomic E-state index is -0.607. The summed E-state index contributed by atoms with van der Waals surface area (Å²) >= 11 is 0. The van der Waals surface area contributed by atoms with Crippen molar-refractivity contribution in [1.29, 1.82) is 0 Å². The smallest absolute Gasteiger partial charge is 0.325 e. The molecular weight excluding hydrogens is 380 g/mol. The van der Waals surface area contributed by atoms with Gasteiger partial charge in [0.1, 0.15) is 11.6 Å². The van der Waals surface area contributed by atoms with Crippen LogP contribution in [0.3, 0.4) is 0 Å². The molecule has 1 heterocycles. The summed E-state index contributed by atoms with van der Waals surface area (Å²) in [6.07, 6.45) is 1.85. The molecule has 2 aromatic rings. The second-order valence-corrected chi connectivity index (χ2v) is 8.80. The van der Waals surface area contributed by atoms with Crippen LogP contribution < -0.4 is 5.32 Å². The third-order valence-corrected chi connectivity index (χ3v) is 5.33. The van der Waals surface area contributed by atoms with Crippen LogP contribution in [0.15, 0.2) is 42.5 Å². The van der Waals surface area contributed by atoms with Gasteiger partial charge in [0.2, 0.25) is 0 Å². The normalized spacial score (nSPS) is 17.8. The van der Waals surface area contributed by atoms with E-state index in [-0.39, 0.29) is 24.5 Å². The Morgan fingerprint density at radius 3 is 2.57 bits per heavy atom. The summed E-state index contributed by atoms with van der Waals surface area (Å²) in [4.78, 5) is 27.4. The van der Waals surface area contributed by atoms with Gasteiger partial charge in [-0.2, -0.15) is 0 Å². The third kappa shape index (κ3) is 5.58. The molecule has 1 saturated heterocycles. The zero-order valence-corrected chi connectivity index (χ0v) is 18.3. The van der Waals surface area contributed by atoms with Gasteiger partial charge >= 0.3 is 11.9 Å². The first-order valence-electron chi connectivity index (χ1n) is 10.5. The molecule has 0 radical (unpaired) electrons. The molecule has 1 fully saturated rings. The summed E-state index contributed by atoms with van der Waals surface area (Å²) in [6.45, 7) is 6.89. The Balaban J connectivity index is 1.97. The molecule has 1 unspecified atom stereocenters. The van der Waals surface area contributed by atoms with Gasteiger partial charge in [0.25, 0.3) is 0 Å². The zero-order chi connectivity index (χ0) is 21.7. The molecule has 6 nitrogen and oxygen atoms in total. The molecule has 0 bridgehead atoms. The van der Waals surface area contributed by atoms with Crippen LogP contribution in [0.2, 0.25) is 0 Å². The van der Waals surface area contributed by atoms with Crippen molar-refractivity contribution in [2.75, 3.05) is 20.2 Å². The predicted octanol–water partition coefficient (Wildman–Crippen LogP) is 3.28. The van der Waals surface area contributed by atoms with E-state index >= 15 is 0 Å². The number of methoxy groups -OCH3 is 1. The first-order chi connectivity index (χ1) is 14.3. The first kappa shape index (κ1) is 22.2. The van der Waals surface area contributed by atoms with Gasteiger partial charge in [0, 0.05) is 12.6 Å². The SMILES string of the molecule is COC(=O)CN(Cc1cccc2ccccc12)C(C(=O)OC(C)(C)C)[C@@H]1CCCN1. The van der Waals surface area contributed by atoms with Crippen LogP contribution in [-0.2, 0) is 25.6 Å². The van der Waals surface area contributed by atoms with Crippen LogP contribution in [0.25, 0.3) is 10.8 Å². The van der Waals surface area contributed by atoms with Crippen molar-refractivity contribution < 1.29 is 19.1 Å². The Labute approximate surface area is 178 Å². The van der Waals surface area contributed by atoms with Crippen LogP contribution in [0.4, 0.5) is 0 Å². The molecule has 0 aromatic heterocycles. The number of hydrogen-bond acceptors (Lipinski definition) is 6. The van der Waals surface area contributed by atoms with Crippen LogP contribution >= 0.6 is 0 Å². The van der Waals surface area contributed by atoms with Gasteiger partial charge in [-0.15, -0.1) is 0 Å². The van der Waals surface area contributed by atoms with E-state index in [2.05, 4.69) is 23.5 Å².